The van der Waals surface area contributed by atoms with E-state index in [1.807, 2.05) is 32.6 Å². The molecular formula is C15H33ClN2O3. The zero-order valence-corrected chi connectivity index (χ0v) is 15.3. The summed E-state index contributed by atoms with van der Waals surface area (Å²) >= 11 is 0. The van der Waals surface area contributed by atoms with E-state index in [9.17, 15) is 9.59 Å². The summed E-state index contributed by atoms with van der Waals surface area (Å²) < 4.78 is 4.41. The summed E-state index contributed by atoms with van der Waals surface area (Å²) in [6.45, 7) is 13.6. The number of carbonyl (C=O) groups is 2. The number of nitrogens with zero attached hydrogens (tertiary/aromatic N) is 1. The number of carbonyl (C=O) groups excluding carboxylic acids is 2. The van der Waals surface area contributed by atoms with Crippen molar-refractivity contribution in [2.75, 3.05) is 20.2 Å². The maximum absolute atomic E-state index is 11.3. The molecule has 0 fully saturated rings. The minimum atomic E-state index is -0.477. The van der Waals surface area contributed by atoms with Gasteiger partial charge in [0.2, 0.25) is 5.91 Å². The van der Waals surface area contributed by atoms with Gasteiger partial charge in [0.1, 0.15) is 6.04 Å². The van der Waals surface area contributed by atoms with Crippen molar-refractivity contribution >= 4 is 24.3 Å². The topological polar surface area (TPSA) is 72.6 Å². The summed E-state index contributed by atoms with van der Waals surface area (Å²) in [5, 5.41) is 0. The molecule has 1 atom stereocenters. The highest BCUT2D eigenvalue weighted by Gasteiger charge is 2.16. The van der Waals surface area contributed by atoms with Gasteiger partial charge in [-0.05, 0) is 25.7 Å². The normalized spacial score (nSPS) is 11.1. The molecule has 0 aromatic heterocycles. The fourth-order valence-corrected chi connectivity index (χ4v) is 1.46. The Morgan fingerprint density at radius 2 is 1.52 bits per heavy atom. The van der Waals surface area contributed by atoms with Crippen LogP contribution < -0.4 is 5.73 Å². The lowest BCUT2D eigenvalue weighted by molar-refractivity contribution is -0.143. The lowest BCUT2D eigenvalue weighted by Gasteiger charge is -2.19. The van der Waals surface area contributed by atoms with Crippen LogP contribution in [-0.2, 0) is 14.3 Å². The van der Waals surface area contributed by atoms with Gasteiger partial charge in [0.25, 0.3) is 0 Å². The molecule has 2 N–H and O–H groups in total. The van der Waals surface area contributed by atoms with Crippen LogP contribution >= 0.6 is 12.4 Å². The fraction of sp³-hybridized carbons (Fsp3) is 0.867. The van der Waals surface area contributed by atoms with Crippen molar-refractivity contribution < 1.29 is 14.3 Å². The van der Waals surface area contributed by atoms with E-state index >= 15 is 0 Å². The highest BCUT2D eigenvalue weighted by atomic mass is 35.5. The van der Waals surface area contributed by atoms with Gasteiger partial charge >= 0.3 is 5.97 Å². The molecule has 0 spiro atoms. The monoisotopic (exact) mass is 324 g/mol. The highest BCUT2D eigenvalue weighted by Crippen LogP contribution is 2.03. The molecule has 1 unspecified atom stereocenters. The van der Waals surface area contributed by atoms with Gasteiger partial charge in [-0.1, -0.05) is 27.7 Å². The molecule has 0 radical (unpaired) electrons. The number of hydrogen-bond acceptors (Lipinski definition) is 4. The fourth-order valence-electron chi connectivity index (χ4n) is 1.46. The molecule has 0 saturated carbocycles. The van der Waals surface area contributed by atoms with Gasteiger partial charge in [0.15, 0.2) is 0 Å². The van der Waals surface area contributed by atoms with Crippen LogP contribution in [0, 0.1) is 11.8 Å². The van der Waals surface area contributed by atoms with E-state index in [4.69, 9.17) is 5.73 Å². The van der Waals surface area contributed by atoms with Gasteiger partial charge in [-0.15, -0.1) is 12.4 Å². The lowest BCUT2D eigenvalue weighted by atomic mass is 10.1. The van der Waals surface area contributed by atoms with E-state index in [1.165, 1.54) is 7.11 Å². The SMILES string of the molecule is CCN(CC)C(=O)CC(C)C.COC(=O)C(N)C(C)C.Cl. The van der Waals surface area contributed by atoms with Gasteiger partial charge in [-0.25, -0.2) is 0 Å². The van der Waals surface area contributed by atoms with Crippen LogP contribution in [0.3, 0.4) is 0 Å². The predicted molar refractivity (Wildman–Crippen MR) is 89.5 cm³/mol. The maximum atomic E-state index is 11.3. The molecule has 0 aliphatic rings. The minimum absolute atomic E-state index is 0. The van der Waals surface area contributed by atoms with E-state index in [1.54, 1.807) is 0 Å². The first-order valence-corrected chi connectivity index (χ1v) is 7.32. The number of ether oxygens (including phenoxy) is 1. The maximum Gasteiger partial charge on any atom is 0.322 e. The summed E-state index contributed by atoms with van der Waals surface area (Å²) in [4.78, 5) is 23.8. The van der Waals surface area contributed by atoms with Crippen LogP contribution in [0.2, 0.25) is 0 Å². The molecule has 0 rings (SSSR count). The van der Waals surface area contributed by atoms with Gasteiger partial charge < -0.3 is 15.4 Å². The van der Waals surface area contributed by atoms with Crippen LogP contribution in [0.4, 0.5) is 0 Å². The summed E-state index contributed by atoms with van der Waals surface area (Å²) in [6.07, 6.45) is 0.682. The predicted octanol–water partition coefficient (Wildman–Crippen LogP) is 2.47. The summed E-state index contributed by atoms with van der Waals surface area (Å²) in [5.41, 5.74) is 5.40. The first kappa shape index (κ1) is 25.2. The lowest BCUT2D eigenvalue weighted by Crippen LogP contribution is -2.36. The first-order valence-electron chi connectivity index (χ1n) is 7.32. The molecule has 21 heavy (non-hydrogen) atoms. The average Bonchev–Trinajstić information content (AvgIpc) is 2.38. The van der Waals surface area contributed by atoms with Crippen molar-refractivity contribution in [1.29, 1.82) is 0 Å². The minimum Gasteiger partial charge on any atom is -0.468 e. The molecule has 5 nitrogen and oxygen atoms in total. The zero-order valence-electron chi connectivity index (χ0n) is 14.5. The van der Waals surface area contributed by atoms with E-state index < -0.39 is 6.04 Å². The van der Waals surface area contributed by atoms with Crippen molar-refractivity contribution in [1.82, 2.24) is 4.90 Å². The van der Waals surface area contributed by atoms with Crippen LogP contribution in [0.25, 0.3) is 0 Å². The van der Waals surface area contributed by atoms with Crippen molar-refractivity contribution in [3.63, 3.8) is 0 Å². The van der Waals surface area contributed by atoms with E-state index in [0.29, 0.717) is 12.3 Å². The molecule has 0 aliphatic heterocycles. The number of nitrogens with two attached hydrogens (primary N) is 1. The van der Waals surface area contributed by atoms with Crippen molar-refractivity contribution in [2.45, 2.75) is 54.0 Å². The van der Waals surface area contributed by atoms with E-state index in [0.717, 1.165) is 13.1 Å². The third-order valence-electron chi connectivity index (χ3n) is 2.89. The Labute approximate surface area is 136 Å². The smallest absolute Gasteiger partial charge is 0.322 e. The Morgan fingerprint density at radius 3 is 1.71 bits per heavy atom. The number of hydrogen-bond donors (Lipinski definition) is 1. The molecular weight excluding hydrogens is 292 g/mol. The molecule has 128 valence electrons. The second-order valence-electron chi connectivity index (χ2n) is 5.46. The van der Waals surface area contributed by atoms with Gasteiger partial charge in [0.05, 0.1) is 7.11 Å². The van der Waals surface area contributed by atoms with Gasteiger partial charge in [-0.2, -0.15) is 0 Å². The standard InChI is InChI=1S/C9H19NO.C6H13NO2.ClH/c1-5-10(6-2)9(11)7-8(3)4;1-4(2)5(7)6(8)9-3;/h8H,5-7H2,1-4H3;4-5H,7H2,1-3H3;1H. The molecule has 0 aromatic rings. The Kier molecular flexibility index (Phi) is 16.9. The highest BCUT2D eigenvalue weighted by molar-refractivity contribution is 5.85. The van der Waals surface area contributed by atoms with Crippen molar-refractivity contribution in [3.05, 3.63) is 0 Å². The van der Waals surface area contributed by atoms with Gasteiger partial charge in [-0.3, -0.25) is 9.59 Å². The molecule has 0 saturated heterocycles. The van der Waals surface area contributed by atoms with Crippen LogP contribution in [0.1, 0.15) is 48.0 Å². The summed E-state index contributed by atoms with van der Waals surface area (Å²) in [7, 11) is 1.34. The Morgan fingerprint density at radius 1 is 1.10 bits per heavy atom. The van der Waals surface area contributed by atoms with Crippen LogP contribution in [0.15, 0.2) is 0 Å². The molecule has 0 aliphatic carbocycles. The largest absolute Gasteiger partial charge is 0.468 e. The first-order chi connectivity index (χ1) is 9.20. The second kappa shape index (κ2) is 14.1. The Balaban J connectivity index is -0.000000300. The summed E-state index contributed by atoms with van der Waals surface area (Å²) in [5.74, 6) is 0.565. The number of methoxy groups -OCH3 is 1. The molecule has 1 amide bonds. The second-order valence-corrected chi connectivity index (χ2v) is 5.46. The number of esters is 1. The van der Waals surface area contributed by atoms with E-state index in [2.05, 4.69) is 18.6 Å². The zero-order chi connectivity index (χ0) is 16.3. The third-order valence-corrected chi connectivity index (χ3v) is 2.89. The van der Waals surface area contributed by atoms with Crippen LogP contribution in [0.5, 0.6) is 0 Å². The molecule has 0 bridgehead atoms. The quantitative estimate of drug-likeness (QED) is 0.762. The average molecular weight is 325 g/mol. The Hall–Kier alpha value is -0.810. The van der Waals surface area contributed by atoms with Crippen molar-refractivity contribution in [2.24, 2.45) is 17.6 Å². The Bertz CT molecular complexity index is 280. The summed E-state index contributed by atoms with van der Waals surface area (Å²) in [6, 6.07) is -0.477. The van der Waals surface area contributed by atoms with Crippen molar-refractivity contribution in [3.8, 4) is 0 Å². The van der Waals surface area contributed by atoms with E-state index in [-0.39, 0.29) is 30.2 Å². The number of amides is 1. The van der Waals surface area contributed by atoms with Crippen LogP contribution in [-0.4, -0.2) is 43.0 Å². The number of rotatable bonds is 6. The third kappa shape index (κ3) is 12.6. The number of halogens is 1. The molecule has 6 heteroatoms. The molecule has 0 heterocycles. The van der Waals surface area contributed by atoms with Gasteiger partial charge in [0, 0.05) is 19.5 Å². The molecule has 0 aromatic carbocycles.